The lowest BCUT2D eigenvalue weighted by Gasteiger charge is -2.33. The van der Waals surface area contributed by atoms with Gasteiger partial charge in [0.2, 0.25) is 0 Å². The lowest BCUT2D eigenvalue weighted by atomic mass is 10.0. The van der Waals surface area contributed by atoms with Crippen LogP contribution in [0.4, 0.5) is 9.18 Å². The van der Waals surface area contributed by atoms with Crippen LogP contribution in [0, 0.1) is 5.82 Å². The fourth-order valence-corrected chi connectivity index (χ4v) is 4.30. The first-order valence-corrected chi connectivity index (χ1v) is 10.4. The lowest BCUT2D eigenvalue weighted by molar-refractivity contribution is 0.152. The summed E-state index contributed by atoms with van der Waals surface area (Å²) in [5.41, 5.74) is 0.333. The summed E-state index contributed by atoms with van der Waals surface area (Å²) in [4.78, 5) is 16.3. The van der Waals surface area contributed by atoms with E-state index in [4.69, 9.17) is 0 Å². The number of nitrogens with zero attached hydrogens (tertiary/aromatic N) is 2. The van der Waals surface area contributed by atoms with E-state index in [0.29, 0.717) is 12.1 Å². The minimum absolute atomic E-state index is 0.0498. The third-order valence-corrected chi connectivity index (χ3v) is 6.08. The molecule has 1 aromatic carbocycles. The fourth-order valence-electron chi connectivity index (χ4n) is 3.66. The van der Waals surface area contributed by atoms with Gasteiger partial charge < -0.3 is 15.1 Å². The second-order valence-electron chi connectivity index (χ2n) is 6.93. The number of nitrogens with one attached hydrogen (secondary N) is 1. The van der Waals surface area contributed by atoms with Gasteiger partial charge in [-0.15, -0.1) is 0 Å². The monoisotopic (exact) mass is 369 g/mol. The number of sulfone groups is 1. The Labute approximate surface area is 147 Å². The van der Waals surface area contributed by atoms with E-state index in [1.807, 2.05) is 11.8 Å². The molecule has 0 aromatic heterocycles. The molecule has 0 radical (unpaired) electrons. The van der Waals surface area contributed by atoms with Crippen LogP contribution in [0.1, 0.15) is 25.3 Å². The van der Waals surface area contributed by atoms with E-state index in [2.05, 4.69) is 5.32 Å². The maximum absolute atomic E-state index is 14.3. The molecule has 2 heterocycles. The Bertz CT molecular complexity index is 762. The SMILES string of the molecule is CC1CN(Cc2ccc(S(C)(=O)=O)cc2F)C(=O)N1C1CCNCC1. The Morgan fingerprint density at radius 1 is 1.28 bits per heavy atom. The lowest BCUT2D eigenvalue weighted by Crippen LogP contribution is -2.47. The van der Waals surface area contributed by atoms with Gasteiger partial charge in [0.25, 0.3) is 0 Å². The van der Waals surface area contributed by atoms with Gasteiger partial charge in [0.1, 0.15) is 5.82 Å². The Morgan fingerprint density at radius 3 is 2.56 bits per heavy atom. The van der Waals surface area contributed by atoms with Gasteiger partial charge in [0.05, 0.1) is 11.4 Å². The number of piperidine rings is 1. The van der Waals surface area contributed by atoms with Crippen molar-refractivity contribution in [3.8, 4) is 0 Å². The van der Waals surface area contributed by atoms with E-state index in [1.54, 1.807) is 4.90 Å². The third-order valence-electron chi connectivity index (χ3n) is 4.97. The molecule has 2 saturated heterocycles. The van der Waals surface area contributed by atoms with E-state index in [-0.39, 0.29) is 29.6 Å². The summed E-state index contributed by atoms with van der Waals surface area (Å²) in [6, 6.07) is 4.13. The van der Waals surface area contributed by atoms with Crippen LogP contribution in [0.25, 0.3) is 0 Å². The number of rotatable bonds is 4. The molecule has 1 unspecified atom stereocenters. The van der Waals surface area contributed by atoms with Crippen LogP contribution in [0.15, 0.2) is 23.1 Å². The maximum Gasteiger partial charge on any atom is 0.320 e. The third kappa shape index (κ3) is 3.79. The number of urea groups is 1. The first kappa shape index (κ1) is 18.1. The highest BCUT2D eigenvalue weighted by molar-refractivity contribution is 7.90. The van der Waals surface area contributed by atoms with Crippen LogP contribution in [0.2, 0.25) is 0 Å². The fraction of sp³-hybridized carbons (Fsp3) is 0.588. The number of halogens is 1. The molecule has 25 heavy (non-hydrogen) atoms. The highest BCUT2D eigenvalue weighted by Gasteiger charge is 2.39. The van der Waals surface area contributed by atoms with E-state index in [9.17, 15) is 17.6 Å². The highest BCUT2D eigenvalue weighted by atomic mass is 32.2. The van der Waals surface area contributed by atoms with Crippen LogP contribution in [0.3, 0.4) is 0 Å². The Morgan fingerprint density at radius 2 is 1.96 bits per heavy atom. The molecule has 1 aromatic rings. The van der Waals surface area contributed by atoms with Crippen molar-refractivity contribution in [3.63, 3.8) is 0 Å². The standard InChI is InChI=1S/C17H24FN3O3S/c1-12-10-20(17(22)21(12)14-5-7-19-8-6-14)11-13-3-4-15(9-16(13)18)25(2,23)24/h3-4,9,12,14,19H,5-8,10-11H2,1-2H3. The van der Waals surface area contributed by atoms with Gasteiger partial charge in [-0.1, -0.05) is 6.07 Å². The number of carbonyl (C=O) groups excluding carboxylic acids is 1. The molecule has 2 fully saturated rings. The molecule has 3 rings (SSSR count). The predicted octanol–water partition coefficient (Wildman–Crippen LogP) is 1.61. The largest absolute Gasteiger partial charge is 0.320 e. The summed E-state index contributed by atoms with van der Waals surface area (Å²) in [6.45, 7) is 4.53. The van der Waals surface area contributed by atoms with Gasteiger partial charge in [0, 0.05) is 30.4 Å². The molecule has 6 nitrogen and oxygen atoms in total. The smallest absolute Gasteiger partial charge is 0.318 e. The van der Waals surface area contributed by atoms with E-state index in [0.717, 1.165) is 38.3 Å². The van der Waals surface area contributed by atoms with Crippen molar-refractivity contribution in [3.05, 3.63) is 29.6 Å². The van der Waals surface area contributed by atoms with Gasteiger partial charge in [-0.2, -0.15) is 0 Å². The van der Waals surface area contributed by atoms with Crippen LogP contribution in [-0.4, -0.2) is 62.2 Å². The van der Waals surface area contributed by atoms with Crippen molar-refractivity contribution in [2.45, 2.75) is 43.3 Å². The van der Waals surface area contributed by atoms with Crippen LogP contribution in [0.5, 0.6) is 0 Å². The number of benzene rings is 1. The Balaban J connectivity index is 1.74. The second-order valence-corrected chi connectivity index (χ2v) is 8.94. The van der Waals surface area contributed by atoms with Crippen LogP contribution >= 0.6 is 0 Å². The average molecular weight is 369 g/mol. The summed E-state index contributed by atoms with van der Waals surface area (Å²) in [5.74, 6) is -0.594. The van der Waals surface area contributed by atoms with Crippen molar-refractivity contribution in [2.24, 2.45) is 0 Å². The predicted molar refractivity (Wildman–Crippen MR) is 92.5 cm³/mol. The minimum Gasteiger partial charge on any atom is -0.318 e. The molecule has 1 N–H and O–H groups in total. The zero-order valence-electron chi connectivity index (χ0n) is 14.5. The van der Waals surface area contributed by atoms with Crippen LogP contribution in [-0.2, 0) is 16.4 Å². The van der Waals surface area contributed by atoms with E-state index < -0.39 is 15.7 Å². The Kier molecular flexibility index (Phi) is 5.02. The summed E-state index contributed by atoms with van der Waals surface area (Å²) < 4.78 is 37.3. The summed E-state index contributed by atoms with van der Waals surface area (Å²) in [5, 5.41) is 3.29. The molecule has 0 aliphatic carbocycles. The zero-order chi connectivity index (χ0) is 18.2. The molecule has 1 atom stereocenters. The second kappa shape index (κ2) is 6.92. The van der Waals surface area contributed by atoms with Crippen molar-refractivity contribution in [1.82, 2.24) is 15.1 Å². The quantitative estimate of drug-likeness (QED) is 0.875. The Hall–Kier alpha value is -1.67. The van der Waals surface area contributed by atoms with Gasteiger partial charge in [0.15, 0.2) is 9.84 Å². The van der Waals surface area contributed by atoms with Crippen molar-refractivity contribution in [1.29, 1.82) is 0 Å². The molecule has 2 amide bonds. The summed E-state index contributed by atoms with van der Waals surface area (Å²) in [6.07, 6.45) is 2.91. The van der Waals surface area contributed by atoms with Gasteiger partial charge >= 0.3 is 6.03 Å². The molecular weight excluding hydrogens is 345 g/mol. The number of amides is 2. The highest BCUT2D eigenvalue weighted by Crippen LogP contribution is 2.26. The first-order valence-electron chi connectivity index (χ1n) is 8.54. The van der Waals surface area contributed by atoms with E-state index in [1.165, 1.54) is 12.1 Å². The number of hydrogen-bond donors (Lipinski definition) is 1. The molecule has 2 aliphatic heterocycles. The summed E-state index contributed by atoms with van der Waals surface area (Å²) in [7, 11) is -3.45. The summed E-state index contributed by atoms with van der Waals surface area (Å²) >= 11 is 0. The first-order chi connectivity index (χ1) is 11.8. The van der Waals surface area contributed by atoms with Crippen molar-refractivity contribution in [2.75, 3.05) is 25.9 Å². The topological polar surface area (TPSA) is 69.7 Å². The van der Waals surface area contributed by atoms with Crippen LogP contribution < -0.4 is 5.32 Å². The molecular formula is C17H24FN3O3S. The van der Waals surface area contributed by atoms with Crippen molar-refractivity contribution >= 4 is 15.9 Å². The van der Waals surface area contributed by atoms with Gasteiger partial charge in [-0.3, -0.25) is 0 Å². The number of hydrogen-bond acceptors (Lipinski definition) is 4. The molecule has 0 bridgehead atoms. The average Bonchev–Trinajstić information content (AvgIpc) is 2.83. The molecule has 138 valence electrons. The maximum atomic E-state index is 14.3. The molecule has 0 spiro atoms. The molecule has 8 heteroatoms. The van der Waals surface area contributed by atoms with Gasteiger partial charge in [-0.05, 0) is 45.0 Å². The minimum atomic E-state index is -3.45. The van der Waals surface area contributed by atoms with Crippen molar-refractivity contribution < 1.29 is 17.6 Å². The zero-order valence-corrected chi connectivity index (χ0v) is 15.4. The molecule has 2 aliphatic rings. The number of carbonyl (C=O) groups is 1. The molecule has 0 saturated carbocycles. The van der Waals surface area contributed by atoms with E-state index >= 15 is 0 Å². The van der Waals surface area contributed by atoms with Gasteiger partial charge in [-0.25, -0.2) is 17.6 Å². The normalized spacial score (nSPS) is 22.7.